The summed E-state index contributed by atoms with van der Waals surface area (Å²) in [5.74, 6) is 0.0917. The fourth-order valence-electron chi connectivity index (χ4n) is 2.75. The molecule has 1 N–H and O–H groups in total. The summed E-state index contributed by atoms with van der Waals surface area (Å²) in [6, 6.07) is 17.8. The van der Waals surface area contributed by atoms with Gasteiger partial charge in [0, 0.05) is 11.3 Å². The first-order chi connectivity index (χ1) is 11.4. The summed E-state index contributed by atoms with van der Waals surface area (Å²) in [6.45, 7) is 6.69. The van der Waals surface area contributed by atoms with Crippen LogP contribution in [-0.2, 0) is 10.2 Å². The van der Waals surface area contributed by atoms with E-state index in [1.165, 1.54) is 5.56 Å². The third-order valence-electron chi connectivity index (χ3n) is 4.17. The predicted molar refractivity (Wildman–Crippen MR) is 96.5 cm³/mol. The van der Waals surface area contributed by atoms with E-state index < -0.39 is 12.0 Å². The zero-order valence-electron chi connectivity index (χ0n) is 14.2. The Morgan fingerprint density at radius 1 is 1.08 bits per heavy atom. The molecule has 4 heteroatoms. The highest BCUT2D eigenvalue weighted by Gasteiger charge is 2.29. The van der Waals surface area contributed by atoms with Crippen LogP contribution < -0.4 is 4.90 Å². The second-order valence-corrected chi connectivity index (χ2v) is 7.07. The average molecular weight is 322 g/mol. The number of β-amino-alcohol motifs (C(OH)–C–C–N with tert-alkyl or cyclic N) is 1. The predicted octanol–water partition coefficient (Wildman–Crippen LogP) is 3.14. The molecule has 1 aliphatic heterocycles. The Bertz CT molecular complexity index is 776. The van der Waals surface area contributed by atoms with Crippen LogP contribution in [0.25, 0.3) is 0 Å². The Morgan fingerprint density at radius 2 is 1.79 bits per heavy atom. The molecule has 124 valence electrons. The van der Waals surface area contributed by atoms with Crippen molar-refractivity contribution in [1.29, 1.82) is 0 Å². The van der Waals surface area contributed by atoms with Gasteiger partial charge in [-0.3, -0.25) is 4.79 Å². The summed E-state index contributed by atoms with van der Waals surface area (Å²) in [7, 11) is 0. The molecule has 0 bridgehead atoms. The van der Waals surface area contributed by atoms with Gasteiger partial charge in [-0.2, -0.15) is 4.99 Å². The number of aliphatic hydroxyl groups is 1. The van der Waals surface area contributed by atoms with Crippen LogP contribution in [0.3, 0.4) is 0 Å². The van der Waals surface area contributed by atoms with Crippen molar-refractivity contribution < 1.29 is 9.90 Å². The van der Waals surface area contributed by atoms with Gasteiger partial charge in [-0.05, 0) is 23.1 Å². The first kappa shape index (κ1) is 16.4. The van der Waals surface area contributed by atoms with Crippen LogP contribution >= 0.6 is 0 Å². The van der Waals surface area contributed by atoms with E-state index >= 15 is 0 Å². The van der Waals surface area contributed by atoms with Gasteiger partial charge in [-0.1, -0.05) is 63.2 Å². The monoisotopic (exact) mass is 322 g/mol. The number of benzene rings is 2. The number of amides is 1. The number of aliphatic hydroxyl groups excluding tert-OH is 1. The summed E-state index contributed by atoms with van der Waals surface area (Å²) < 4.78 is 0. The quantitative estimate of drug-likeness (QED) is 0.924. The van der Waals surface area contributed by atoms with Crippen molar-refractivity contribution in [2.75, 3.05) is 11.4 Å². The van der Waals surface area contributed by atoms with E-state index in [4.69, 9.17) is 0 Å². The van der Waals surface area contributed by atoms with E-state index in [0.29, 0.717) is 5.84 Å². The molecular weight excluding hydrogens is 300 g/mol. The molecule has 0 fully saturated rings. The summed E-state index contributed by atoms with van der Waals surface area (Å²) in [5.41, 5.74) is 3.00. The summed E-state index contributed by atoms with van der Waals surface area (Å²) in [4.78, 5) is 18.0. The van der Waals surface area contributed by atoms with Crippen LogP contribution in [0.4, 0.5) is 5.69 Å². The van der Waals surface area contributed by atoms with Crippen LogP contribution in [0.1, 0.15) is 31.9 Å². The zero-order chi connectivity index (χ0) is 17.3. The molecule has 1 unspecified atom stereocenters. The van der Waals surface area contributed by atoms with E-state index in [0.717, 1.165) is 11.3 Å². The first-order valence-corrected chi connectivity index (χ1v) is 8.10. The van der Waals surface area contributed by atoms with E-state index in [2.05, 4.69) is 37.9 Å². The lowest BCUT2D eigenvalue weighted by atomic mass is 9.87. The largest absolute Gasteiger partial charge is 0.381 e. The molecule has 0 saturated heterocycles. The Morgan fingerprint density at radius 3 is 2.46 bits per heavy atom. The molecule has 24 heavy (non-hydrogen) atoms. The van der Waals surface area contributed by atoms with Crippen molar-refractivity contribution in [3.63, 3.8) is 0 Å². The standard InChI is InChI=1S/C20H22N2O2/c1-20(2,3)15-10-7-11-16(12-15)22-13-17(23)19(24)21-18(22)14-8-5-4-6-9-14/h4-12,17,23H,13H2,1-3H3. The molecule has 2 aromatic rings. The highest BCUT2D eigenvalue weighted by atomic mass is 16.3. The number of amidine groups is 1. The SMILES string of the molecule is CC(C)(C)c1cccc(N2CC(O)C(=O)N=C2c2ccccc2)c1. The second kappa shape index (κ2) is 6.21. The maximum atomic E-state index is 11.9. The van der Waals surface area contributed by atoms with Gasteiger partial charge in [0.15, 0.2) is 6.10 Å². The molecule has 2 aromatic carbocycles. The minimum Gasteiger partial charge on any atom is -0.381 e. The van der Waals surface area contributed by atoms with Gasteiger partial charge in [-0.25, -0.2) is 0 Å². The summed E-state index contributed by atoms with van der Waals surface area (Å²) in [6.07, 6.45) is -1.10. The molecule has 0 aliphatic carbocycles. The van der Waals surface area contributed by atoms with Gasteiger partial charge < -0.3 is 10.0 Å². The molecule has 0 spiro atoms. The maximum absolute atomic E-state index is 11.9. The van der Waals surface area contributed by atoms with Crippen molar-refractivity contribution in [1.82, 2.24) is 0 Å². The zero-order valence-corrected chi connectivity index (χ0v) is 14.2. The molecule has 1 heterocycles. The Balaban J connectivity index is 2.08. The fraction of sp³-hybridized carbons (Fsp3) is 0.300. The van der Waals surface area contributed by atoms with Crippen LogP contribution in [0.2, 0.25) is 0 Å². The lowest BCUT2D eigenvalue weighted by Gasteiger charge is -2.32. The highest BCUT2D eigenvalue weighted by molar-refractivity contribution is 6.16. The van der Waals surface area contributed by atoms with E-state index in [1.807, 2.05) is 47.4 Å². The van der Waals surface area contributed by atoms with Gasteiger partial charge in [-0.15, -0.1) is 0 Å². The molecule has 3 rings (SSSR count). The van der Waals surface area contributed by atoms with Crippen LogP contribution in [0.15, 0.2) is 59.6 Å². The molecule has 0 aromatic heterocycles. The summed E-state index contributed by atoms with van der Waals surface area (Å²) in [5, 5.41) is 10.0. The molecule has 0 saturated carbocycles. The topological polar surface area (TPSA) is 52.9 Å². The second-order valence-electron chi connectivity index (χ2n) is 7.07. The highest BCUT2D eigenvalue weighted by Crippen LogP contribution is 2.28. The maximum Gasteiger partial charge on any atom is 0.278 e. The normalized spacial score (nSPS) is 18.5. The van der Waals surface area contributed by atoms with Crippen molar-refractivity contribution in [2.24, 2.45) is 4.99 Å². The van der Waals surface area contributed by atoms with E-state index in [9.17, 15) is 9.90 Å². The van der Waals surface area contributed by atoms with Gasteiger partial charge in [0.05, 0.1) is 6.54 Å². The van der Waals surface area contributed by atoms with Gasteiger partial charge in [0.25, 0.3) is 5.91 Å². The molecule has 1 aliphatic rings. The Kier molecular flexibility index (Phi) is 4.24. The van der Waals surface area contributed by atoms with Crippen molar-refractivity contribution >= 4 is 17.4 Å². The molecule has 0 radical (unpaired) electrons. The molecular formula is C20H22N2O2. The van der Waals surface area contributed by atoms with Crippen molar-refractivity contribution in [2.45, 2.75) is 32.3 Å². The Hall–Kier alpha value is -2.46. The number of aliphatic imine (C=N–C) groups is 1. The third-order valence-corrected chi connectivity index (χ3v) is 4.17. The van der Waals surface area contributed by atoms with Crippen LogP contribution in [0.5, 0.6) is 0 Å². The van der Waals surface area contributed by atoms with Crippen LogP contribution in [0, 0.1) is 0 Å². The molecule has 4 nitrogen and oxygen atoms in total. The Labute approximate surface area is 142 Å². The number of carbonyl (C=O) groups is 1. The number of nitrogens with zero attached hydrogens (tertiary/aromatic N) is 2. The van der Waals surface area contributed by atoms with Gasteiger partial charge >= 0.3 is 0 Å². The van der Waals surface area contributed by atoms with Crippen molar-refractivity contribution in [3.8, 4) is 0 Å². The lowest BCUT2D eigenvalue weighted by Crippen LogP contribution is -2.46. The number of hydrogen-bond acceptors (Lipinski definition) is 3. The molecule has 1 atom stereocenters. The van der Waals surface area contributed by atoms with Gasteiger partial charge in [0.2, 0.25) is 0 Å². The van der Waals surface area contributed by atoms with Gasteiger partial charge in [0.1, 0.15) is 5.84 Å². The number of anilines is 1. The number of hydrogen-bond donors (Lipinski definition) is 1. The van der Waals surface area contributed by atoms with E-state index in [1.54, 1.807) is 0 Å². The average Bonchev–Trinajstić information content (AvgIpc) is 2.57. The number of carbonyl (C=O) groups excluding carboxylic acids is 1. The summed E-state index contributed by atoms with van der Waals surface area (Å²) >= 11 is 0. The lowest BCUT2D eigenvalue weighted by molar-refractivity contribution is -0.125. The fourth-order valence-corrected chi connectivity index (χ4v) is 2.75. The smallest absolute Gasteiger partial charge is 0.278 e. The minimum absolute atomic E-state index is 0.0181. The number of rotatable bonds is 2. The van der Waals surface area contributed by atoms with Crippen LogP contribution in [-0.4, -0.2) is 29.5 Å². The third kappa shape index (κ3) is 3.24. The first-order valence-electron chi connectivity index (χ1n) is 8.10. The molecule has 1 amide bonds. The van der Waals surface area contributed by atoms with Crippen molar-refractivity contribution in [3.05, 3.63) is 65.7 Å². The van der Waals surface area contributed by atoms with E-state index in [-0.39, 0.29) is 12.0 Å². The minimum atomic E-state index is -1.10.